The second kappa shape index (κ2) is 7.47. The number of anilines is 1. The number of amides is 1. The second-order valence-corrected chi connectivity index (χ2v) is 6.45. The van der Waals surface area contributed by atoms with Crippen LogP contribution in [0.1, 0.15) is 30.6 Å². The van der Waals surface area contributed by atoms with E-state index in [1.807, 2.05) is 13.8 Å². The van der Waals surface area contributed by atoms with E-state index < -0.39 is 5.56 Å². The van der Waals surface area contributed by atoms with Crippen molar-refractivity contribution in [2.75, 3.05) is 25.6 Å². The van der Waals surface area contributed by atoms with Gasteiger partial charge < -0.3 is 25.5 Å². The number of hydrogen-bond donors (Lipinski definition) is 4. The summed E-state index contributed by atoms with van der Waals surface area (Å²) in [6, 6.07) is 1.22. The number of aromatic nitrogens is 1. The number of methoxy groups -OCH3 is 1. The third-order valence-corrected chi connectivity index (χ3v) is 4.26. The molecule has 0 fully saturated rings. The maximum atomic E-state index is 12.5. The van der Waals surface area contributed by atoms with Gasteiger partial charge in [-0.25, -0.2) is 0 Å². The van der Waals surface area contributed by atoms with Crippen molar-refractivity contribution in [1.29, 1.82) is 0 Å². The third-order valence-electron chi connectivity index (χ3n) is 3.11. The van der Waals surface area contributed by atoms with Crippen LogP contribution in [-0.4, -0.2) is 42.3 Å². The fourth-order valence-corrected chi connectivity index (χ4v) is 3.38. The van der Waals surface area contributed by atoms with E-state index in [1.54, 1.807) is 7.11 Å². The Morgan fingerprint density at radius 2 is 2.22 bits per heavy atom. The number of carbonyl (C=O) groups excluding carboxylic acids is 1. The monoisotopic (exact) mass is 339 g/mol. The first-order chi connectivity index (χ1) is 10.9. The molecule has 0 saturated heterocycles. The van der Waals surface area contributed by atoms with Gasteiger partial charge >= 0.3 is 0 Å². The summed E-state index contributed by atoms with van der Waals surface area (Å²) in [5.41, 5.74) is 0.258. The Balaban J connectivity index is 2.41. The first-order valence-electron chi connectivity index (χ1n) is 7.36. The molecule has 23 heavy (non-hydrogen) atoms. The molecule has 0 aliphatic rings. The van der Waals surface area contributed by atoms with Gasteiger partial charge in [-0.1, -0.05) is 0 Å². The van der Waals surface area contributed by atoms with Gasteiger partial charge in [0.1, 0.15) is 10.8 Å². The van der Waals surface area contributed by atoms with E-state index in [9.17, 15) is 14.7 Å². The zero-order valence-electron chi connectivity index (χ0n) is 13.4. The molecule has 2 aromatic heterocycles. The van der Waals surface area contributed by atoms with Crippen molar-refractivity contribution >= 4 is 32.5 Å². The Hall–Kier alpha value is -2.06. The van der Waals surface area contributed by atoms with E-state index in [4.69, 9.17) is 4.74 Å². The molecule has 4 N–H and O–H groups in total. The summed E-state index contributed by atoms with van der Waals surface area (Å²) >= 11 is 1.24. The van der Waals surface area contributed by atoms with Gasteiger partial charge in [0.25, 0.3) is 11.5 Å². The molecule has 0 saturated carbocycles. The molecule has 126 valence electrons. The minimum atomic E-state index is -0.447. The van der Waals surface area contributed by atoms with Crippen LogP contribution in [-0.2, 0) is 4.74 Å². The average molecular weight is 339 g/mol. The van der Waals surface area contributed by atoms with Crippen LogP contribution in [0, 0.1) is 0 Å². The lowest BCUT2D eigenvalue weighted by molar-refractivity contribution is 0.0951. The van der Waals surface area contributed by atoms with Gasteiger partial charge in [0, 0.05) is 32.4 Å². The fourth-order valence-electron chi connectivity index (χ4n) is 2.17. The number of aromatic amines is 1. The molecule has 0 radical (unpaired) electrons. The average Bonchev–Trinajstić information content (AvgIpc) is 2.81. The smallest absolute Gasteiger partial charge is 0.256 e. The topological polar surface area (TPSA) is 103 Å². The van der Waals surface area contributed by atoms with Crippen LogP contribution < -0.4 is 16.2 Å². The predicted octanol–water partition coefficient (Wildman–Crippen LogP) is 1.88. The number of thiophene rings is 1. The summed E-state index contributed by atoms with van der Waals surface area (Å²) in [7, 11) is 1.60. The normalized spacial score (nSPS) is 11.1. The number of hydrogen-bond acceptors (Lipinski definition) is 6. The van der Waals surface area contributed by atoms with E-state index in [-0.39, 0.29) is 17.7 Å². The fraction of sp³-hybridized carbons (Fsp3) is 0.467. The Labute approximate surface area is 137 Å². The number of rotatable bonds is 7. The van der Waals surface area contributed by atoms with Gasteiger partial charge in [-0.2, -0.15) is 0 Å². The SMILES string of the molecule is COCCCNC(=O)c1c(NC(C)C)sc2c(O)cc(=O)[nH]c12. The van der Waals surface area contributed by atoms with Gasteiger partial charge in [-0.15, -0.1) is 11.3 Å². The number of pyridine rings is 1. The van der Waals surface area contributed by atoms with Crippen LogP contribution in [0.25, 0.3) is 10.2 Å². The van der Waals surface area contributed by atoms with E-state index in [2.05, 4.69) is 15.6 Å². The maximum absolute atomic E-state index is 12.5. The molecule has 2 aromatic rings. The Morgan fingerprint density at radius 3 is 2.87 bits per heavy atom. The van der Waals surface area contributed by atoms with Crippen molar-refractivity contribution in [3.63, 3.8) is 0 Å². The Kier molecular flexibility index (Phi) is 5.62. The van der Waals surface area contributed by atoms with Crippen LogP contribution in [0.5, 0.6) is 5.75 Å². The van der Waals surface area contributed by atoms with E-state index >= 15 is 0 Å². The summed E-state index contributed by atoms with van der Waals surface area (Å²) in [6.07, 6.45) is 0.693. The van der Waals surface area contributed by atoms with Crippen molar-refractivity contribution in [3.8, 4) is 5.75 Å². The predicted molar refractivity (Wildman–Crippen MR) is 91.7 cm³/mol. The first-order valence-corrected chi connectivity index (χ1v) is 8.18. The van der Waals surface area contributed by atoms with Crippen LogP contribution in [0.2, 0.25) is 0 Å². The Bertz CT molecular complexity index is 751. The van der Waals surface area contributed by atoms with Crippen molar-refractivity contribution < 1.29 is 14.6 Å². The molecule has 0 unspecified atom stereocenters. The standard InChI is InChI=1S/C15H21N3O4S/c1-8(2)17-15-11(14(21)16-5-4-6-22-3)12-13(23-15)9(19)7-10(20)18-12/h7-8,17H,4-6H2,1-3H3,(H,16,21)(H2,18,19,20). The number of ether oxygens (including phenoxy) is 1. The second-order valence-electron chi connectivity index (χ2n) is 5.43. The lowest BCUT2D eigenvalue weighted by atomic mass is 10.2. The molecule has 1 amide bonds. The summed E-state index contributed by atoms with van der Waals surface area (Å²) in [6.45, 7) is 4.92. The number of nitrogens with one attached hydrogen (secondary N) is 3. The van der Waals surface area contributed by atoms with Crippen LogP contribution in [0.15, 0.2) is 10.9 Å². The number of H-pyrrole nitrogens is 1. The highest BCUT2D eigenvalue weighted by Gasteiger charge is 2.22. The highest BCUT2D eigenvalue weighted by atomic mass is 32.1. The molecule has 0 aliphatic heterocycles. The van der Waals surface area contributed by atoms with E-state index in [0.717, 1.165) is 6.07 Å². The molecule has 2 heterocycles. The minimum Gasteiger partial charge on any atom is -0.506 e. The molecule has 2 rings (SSSR count). The summed E-state index contributed by atoms with van der Waals surface area (Å²) in [4.78, 5) is 26.8. The highest BCUT2D eigenvalue weighted by molar-refractivity contribution is 7.23. The van der Waals surface area contributed by atoms with Gasteiger partial charge in [0.05, 0.1) is 15.8 Å². The lowest BCUT2D eigenvalue weighted by Crippen LogP contribution is -2.26. The molecule has 0 aromatic carbocycles. The third kappa shape index (κ3) is 4.02. The molecule has 0 bridgehead atoms. The Morgan fingerprint density at radius 1 is 1.48 bits per heavy atom. The molecular weight excluding hydrogens is 318 g/mol. The van der Waals surface area contributed by atoms with Crippen molar-refractivity contribution in [1.82, 2.24) is 10.3 Å². The molecular formula is C15H21N3O4S. The lowest BCUT2D eigenvalue weighted by Gasteiger charge is -2.10. The maximum Gasteiger partial charge on any atom is 0.256 e. The van der Waals surface area contributed by atoms with Gasteiger partial charge in [-0.05, 0) is 20.3 Å². The summed E-state index contributed by atoms with van der Waals surface area (Å²) < 4.78 is 5.43. The van der Waals surface area contributed by atoms with Gasteiger partial charge in [-0.3, -0.25) is 9.59 Å². The molecule has 0 spiro atoms. The van der Waals surface area contributed by atoms with Crippen molar-refractivity contribution in [2.45, 2.75) is 26.3 Å². The molecule has 0 atom stereocenters. The molecule has 8 heteroatoms. The van der Waals surface area contributed by atoms with Gasteiger partial charge in [0.15, 0.2) is 0 Å². The largest absolute Gasteiger partial charge is 0.506 e. The molecule has 0 aliphatic carbocycles. The zero-order valence-corrected chi connectivity index (χ0v) is 14.2. The number of carbonyl (C=O) groups is 1. The van der Waals surface area contributed by atoms with E-state index in [1.165, 1.54) is 11.3 Å². The zero-order chi connectivity index (χ0) is 17.0. The first kappa shape index (κ1) is 17.3. The van der Waals surface area contributed by atoms with Crippen molar-refractivity contribution in [3.05, 3.63) is 22.0 Å². The number of fused-ring (bicyclic) bond motifs is 1. The highest BCUT2D eigenvalue weighted by Crippen LogP contribution is 2.38. The van der Waals surface area contributed by atoms with E-state index in [0.29, 0.717) is 40.4 Å². The van der Waals surface area contributed by atoms with Crippen LogP contribution in [0.3, 0.4) is 0 Å². The minimum absolute atomic E-state index is 0.108. The quantitative estimate of drug-likeness (QED) is 0.577. The summed E-state index contributed by atoms with van der Waals surface area (Å²) in [5, 5.41) is 16.6. The molecule has 7 nitrogen and oxygen atoms in total. The van der Waals surface area contributed by atoms with Crippen LogP contribution in [0.4, 0.5) is 5.00 Å². The summed E-state index contributed by atoms with van der Waals surface area (Å²) in [5.74, 6) is -0.421. The van der Waals surface area contributed by atoms with Crippen LogP contribution >= 0.6 is 11.3 Å². The number of aromatic hydroxyl groups is 1. The van der Waals surface area contributed by atoms with Crippen molar-refractivity contribution in [2.24, 2.45) is 0 Å². The van der Waals surface area contributed by atoms with Gasteiger partial charge in [0.2, 0.25) is 0 Å².